The van der Waals surface area contributed by atoms with Crippen molar-refractivity contribution in [2.45, 2.75) is 25.9 Å². The minimum absolute atomic E-state index is 0.195. The molecular weight excluding hydrogens is 515 g/mol. The van der Waals surface area contributed by atoms with Gasteiger partial charge >= 0.3 is 12.1 Å². The van der Waals surface area contributed by atoms with Gasteiger partial charge in [0.1, 0.15) is 22.8 Å². The van der Waals surface area contributed by atoms with Crippen molar-refractivity contribution in [3.63, 3.8) is 0 Å². The number of hydrogen-bond acceptors (Lipinski definition) is 7. The van der Waals surface area contributed by atoms with E-state index in [1.54, 1.807) is 29.7 Å². The Balaban J connectivity index is 1.45. The molecule has 13 heteroatoms. The van der Waals surface area contributed by atoms with Gasteiger partial charge in [0.15, 0.2) is 0 Å². The normalized spacial score (nSPS) is 17.8. The summed E-state index contributed by atoms with van der Waals surface area (Å²) in [7, 11) is 0. The van der Waals surface area contributed by atoms with E-state index in [2.05, 4.69) is 15.3 Å². The zero-order chi connectivity index (χ0) is 27.9. The lowest BCUT2D eigenvalue weighted by Gasteiger charge is -2.37. The number of rotatable bonds is 5. The molecule has 10 nitrogen and oxygen atoms in total. The first-order valence-corrected chi connectivity index (χ1v) is 12.0. The number of amides is 1. The SMILES string of the molecule is C[C@@]1(C(=O)O)CCCN(c2nc(-c3ccc(C(=O)Nc4cc(C(F)(F)F)ccn4)cc3)c3c(N)nccn23)C1. The number of anilines is 3. The summed E-state index contributed by atoms with van der Waals surface area (Å²) in [6, 6.07) is 7.89. The molecule has 3 aromatic heterocycles. The van der Waals surface area contributed by atoms with Crippen LogP contribution in [0.15, 0.2) is 55.0 Å². The maximum Gasteiger partial charge on any atom is 0.416 e. The molecule has 4 heterocycles. The number of halogens is 3. The number of aliphatic carboxylic acids is 1. The van der Waals surface area contributed by atoms with Crippen molar-refractivity contribution in [2.24, 2.45) is 5.41 Å². The van der Waals surface area contributed by atoms with E-state index in [0.29, 0.717) is 42.1 Å². The molecule has 1 atom stereocenters. The third-order valence-electron chi connectivity index (χ3n) is 6.81. The maximum absolute atomic E-state index is 13.0. The molecule has 1 aromatic carbocycles. The van der Waals surface area contributed by atoms with Crippen LogP contribution in [0.25, 0.3) is 16.8 Å². The molecule has 4 aromatic rings. The standard InChI is InChI=1S/C26H24F3N7O3/c1-25(23(38)39)8-2-11-35(14-25)24-34-19(20-21(30)32-10-12-36(20)24)15-3-5-16(6-4-15)22(37)33-18-13-17(7-9-31-18)26(27,28)29/h3-7,9-10,12-13H,2,8,11,14H2,1H3,(H2,30,32)(H,38,39)(H,31,33,37)/t25-/m1/s1. The van der Waals surface area contributed by atoms with Crippen LogP contribution < -0.4 is 16.0 Å². The second kappa shape index (κ2) is 9.57. The summed E-state index contributed by atoms with van der Waals surface area (Å²) in [6.45, 7) is 2.60. The molecule has 0 bridgehead atoms. The summed E-state index contributed by atoms with van der Waals surface area (Å²) in [5.74, 6) is -0.979. The Bertz CT molecular complexity index is 1570. The zero-order valence-electron chi connectivity index (χ0n) is 20.7. The van der Waals surface area contributed by atoms with E-state index in [4.69, 9.17) is 10.7 Å². The number of alkyl halides is 3. The molecule has 39 heavy (non-hydrogen) atoms. The van der Waals surface area contributed by atoms with Crippen LogP contribution in [0.3, 0.4) is 0 Å². The van der Waals surface area contributed by atoms with E-state index in [-0.39, 0.29) is 23.7 Å². The van der Waals surface area contributed by atoms with Gasteiger partial charge in [0.25, 0.3) is 5.91 Å². The summed E-state index contributed by atoms with van der Waals surface area (Å²) < 4.78 is 40.7. The fourth-order valence-corrected chi connectivity index (χ4v) is 4.70. The van der Waals surface area contributed by atoms with Gasteiger partial charge in [0.05, 0.1) is 11.0 Å². The smallest absolute Gasteiger partial charge is 0.416 e. The number of carboxylic acids is 1. The largest absolute Gasteiger partial charge is 0.481 e. The number of benzene rings is 1. The molecular formula is C26H24F3N7O3. The number of nitrogens with zero attached hydrogens (tertiary/aromatic N) is 5. The molecule has 1 fully saturated rings. The van der Waals surface area contributed by atoms with E-state index in [9.17, 15) is 27.9 Å². The lowest BCUT2D eigenvalue weighted by Crippen LogP contribution is -2.46. The first kappa shape index (κ1) is 25.9. The molecule has 5 rings (SSSR count). The van der Waals surface area contributed by atoms with Crippen molar-refractivity contribution in [2.75, 3.05) is 29.0 Å². The predicted octanol–water partition coefficient (Wildman–Crippen LogP) is 4.34. The Hall–Kier alpha value is -4.68. The van der Waals surface area contributed by atoms with Crippen LogP contribution in [0.1, 0.15) is 35.7 Å². The fourth-order valence-electron chi connectivity index (χ4n) is 4.70. The number of nitrogen functional groups attached to an aromatic ring is 1. The number of fused-ring (bicyclic) bond motifs is 1. The highest BCUT2D eigenvalue weighted by Crippen LogP contribution is 2.36. The van der Waals surface area contributed by atoms with Crippen LogP contribution >= 0.6 is 0 Å². The Morgan fingerprint density at radius 3 is 2.56 bits per heavy atom. The van der Waals surface area contributed by atoms with Crippen molar-refractivity contribution in [1.82, 2.24) is 19.4 Å². The van der Waals surface area contributed by atoms with Gasteiger partial charge in [-0.2, -0.15) is 13.2 Å². The van der Waals surface area contributed by atoms with E-state index in [0.717, 1.165) is 18.3 Å². The predicted molar refractivity (Wildman–Crippen MR) is 137 cm³/mol. The first-order valence-electron chi connectivity index (χ1n) is 12.0. The number of carboxylic acid groups (broad SMARTS) is 1. The van der Waals surface area contributed by atoms with E-state index < -0.39 is 29.0 Å². The van der Waals surface area contributed by atoms with E-state index in [1.807, 2.05) is 4.90 Å². The number of nitrogens with one attached hydrogen (secondary N) is 1. The van der Waals surface area contributed by atoms with Crippen LogP contribution in [-0.4, -0.2) is 49.4 Å². The molecule has 1 aliphatic rings. The zero-order valence-corrected chi connectivity index (χ0v) is 20.7. The molecule has 0 aliphatic carbocycles. The van der Waals surface area contributed by atoms with Gasteiger partial charge in [-0.3, -0.25) is 14.0 Å². The van der Waals surface area contributed by atoms with Gasteiger partial charge in [-0.05, 0) is 44.0 Å². The maximum atomic E-state index is 13.0. The molecule has 0 spiro atoms. The third kappa shape index (κ3) is 4.94. The molecule has 0 unspecified atom stereocenters. The average molecular weight is 540 g/mol. The lowest BCUT2D eigenvalue weighted by atomic mass is 9.82. The Morgan fingerprint density at radius 2 is 1.87 bits per heavy atom. The fraction of sp³-hybridized carbons (Fsp3) is 0.269. The number of piperidine rings is 1. The summed E-state index contributed by atoms with van der Waals surface area (Å²) in [5.41, 5.74) is 6.19. The minimum Gasteiger partial charge on any atom is -0.481 e. The summed E-state index contributed by atoms with van der Waals surface area (Å²) in [6.07, 6.45) is 0.883. The van der Waals surface area contributed by atoms with Gasteiger partial charge in [0.2, 0.25) is 5.95 Å². The van der Waals surface area contributed by atoms with E-state index >= 15 is 0 Å². The average Bonchev–Trinajstić information content (AvgIpc) is 3.29. The van der Waals surface area contributed by atoms with Crippen molar-refractivity contribution in [1.29, 1.82) is 0 Å². The van der Waals surface area contributed by atoms with Crippen LogP contribution in [-0.2, 0) is 11.0 Å². The Kier molecular flexibility index (Phi) is 6.36. The van der Waals surface area contributed by atoms with Gasteiger partial charge in [-0.25, -0.2) is 15.0 Å². The summed E-state index contributed by atoms with van der Waals surface area (Å²) >= 11 is 0. The molecule has 202 valence electrons. The van der Waals surface area contributed by atoms with Gasteiger partial charge < -0.3 is 21.1 Å². The Labute approximate surface area is 220 Å². The monoisotopic (exact) mass is 539 g/mol. The van der Waals surface area contributed by atoms with E-state index in [1.165, 1.54) is 18.3 Å². The van der Waals surface area contributed by atoms with Gasteiger partial charge in [-0.15, -0.1) is 0 Å². The number of carbonyl (C=O) groups is 2. The van der Waals surface area contributed by atoms with Crippen LogP contribution in [0.5, 0.6) is 0 Å². The lowest BCUT2D eigenvalue weighted by molar-refractivity contribution is -0.148. The number of aromatic nitrogens is 4. The number of nitrogens with two attached hydrogens (primary N) is 1. The van der Waals surface area contributed by atoms with Crippen molar-refractivity contribution in [3.8, 4) is 11.3 Å². The summed E-state index contributed by atoms with van der Waals surface area (Å²) in [5, 5.41) is 12.1. The summed E-state index contributed by atoms with van der Waals surface area (Å²) in [4.78, 5) is 39.3. The van der Waals surface area contributed by atoms with Crippen LogP contribution in [0, 0.1) is 5.41 Å². The molecule has 1 amide bonds. The number of pyridine rings is 1. The molecule has 0 radical (unpaired) electrons. The first-order chi connectivity index (χ1) is 18.5. The highest BCUT2D eigenvalue weighted by Gasteiger charge is 2.39. The van der Waals surface area contributed by atoms with Gasteiger partial charge in [-0.1, -0.05) is 12.1 Å². The van der Waals surface area contributed by atoms with Crippen molar-refractivity contribution < 1.29 is 27.9 Å². The second-order valence-corrected chi connectivity index (χ2v) is 9.64. The minimum atomic E-state index is -4.56. The number of imidazole rings is 1. The molecule has 0 saturated carbocycles. The highest BCUT2D eigenvalue weighted by molar-refractivity contribution is 6.04. The third-order valence-corrected chi connectivity index (χ3v) is 6.81. The number of carbonyl (C=O) groups excluding carboxylic acids is 1. The molecule has 1 saturated heterocycles. The van der Waals surface area contributed by atoms with Crippen LogP contribution in [0.2, 0.25) is 0 Å². The number of hydrogen-bond donors (Lipinski definition) is 3. The van der Waals surface area contributed by atoms with Crippen LogP contribution in [0.4, 0.5) is 30.8 Å². The Morgan fingerprint density at radius 1 is 1.13 bits per heavy atom. The molecule has 4 N–H and O–H groups in total. The van der Waals surface area contributed by atoms with Crippen molar-refractivity contribution >= 4 is 35.0 Å². The molecule has 1 aliphatic heterocycles. The topological polar surface area (TPSA) is 139 Å². The second-order valence-electron chi connectivity index (χ2n) is 9.64. The van der Waals surface area contributed by atoms with Gasteiger partial charge in [0, 0.05) is 42.8 Å². The quantitative estimate of drug-likeness (QED) is 0.341. The van der Waals surface area contributed by atoms with Crippen molar-refractivity contribution in [3.05, 3.63) is 66.1 Å². The highest BCUT2D eigenvalue weighted by atomic mass is 19.4.